The molecule has 2 amide bonds. The fraction of sp³-hybridized carbons (Fsp3) is 0.375. The summed E-state index contributed by atoms with van der Waals surface area (Å²) < 4.78 is 22.0. The van der Waals surface area contributed by atoms with Crippen molar-refractivity contribution in [1.29, 1.82) is 5.26 Å². The molecule has 1 heterocycles. The van der Waals surface area contributed by atoms with Crippen molar-refractivity contribution in [3.8, 4) is 6.07 Å². The van der Waals surface area contributed by atoms with Crippen LogP contribution >= 0.6 is 0 Å². The predicted molar refractivity (Wildman–Crippen MR) is 53.5 cm³/mol. The van der Waals surface area contributed by atoms with Gasteiger partial charge in [0.15, 0.2) is 9.84 Å². The molecule has 2 N–H and O–H groups in total. The van der Waals surface area contributed by atoms with Crippen LogP contribution in [0, 0.1) is 11.3 Å². The number of rotatable bonds is 2. The summed E-state index contributed by atoms with van der Waals surface area (Å²) in [6.45, 7) is -0.273. The van der Waals surface area contributed by atoms with Gasteiger partial charge < -0.3 is 10.6 Å². The van der Waals surface area contributed by atoms with Crippen molar-refractivity contribution in [3.05, 3.63) is 11.5 Å². The van der Waals surface area contributed by atoms with E-state index in [0.29, 0.717) is 0 Å². The van der Waals surface area contributed by atoms with Crippen LogP contribution in [0.1, 0.15) is 0 Å². The monoisotopic (exact) mass is 243 g/mol. The molecule has 0 aromatic rings. The number of nitrogens with zero attached hydrogens (tertiary/aromatic N) is 1. The minimum absolute atomic E-state index is 0.246. The second-order valence-electron chi connectivity index (χ2n) is 3.08. The largest absolute Gasteiger partial charge is 0.341 e. The van der Waals surface area contributed by atoms with Crippen LogP contribution in [0.2, 0.25) is 0 Å². The molecule has 0 aliphatic carbocycles. The standard InChI is InChI=1S/C8H9N3O4S/c9-2-3-10-7(12)8(13)11-6-1-4-16(14,15)5-6/h1,4,6H,3,5H2,(H,10,12)(H,11,13). The molecular weight excluding hydrogens is 234 g/mol. The SMILES string of the molecule is N#CCNC(=O)C(=O)NC1C=CS(=O)(=O)C1. The first-order valence-corrected chi connectivity index (χ1v) is 6.03. The summed E-state index contributed by atoms with van der Waals surface area (Å²) in [4.78, 5) is 22.2. The lowest BCUT2D eigenvalue weighted by atomic mass is 10.3. The van der Waals surface area contributed by atoms with Gasteiger partial charge in [-0.1, -0.05) is 0 Å². The average Bonchev–Trinajstić information content (AvgIpc) is 2.54. The highest BCUT2D eigenvalue weighted by Gasteiger charge is 2.25. The van der Waals surface area contributed by atoms with E-state index in [1.54, 1.807) is 6.07 Å². The van der Waals surface area contributed by atoms with Crippen LogP contribution in [0.4, 0.5) is 0 Å². The molecule has 1 atom stereocenters. The van der Waals surface area contributed by atoms with Crippen LogP contribution in [0.3, 0.4) is 0 Å². The number of nitrogens with one attached hydrogen (secondary N) is 2. The summed E-state index contributed by atoms with van der Waals surface area (Å²) >= 11 is 0. The zero-order chi connectivity index (χ0) is 12.2. The van der Waals surface area contributed by atoms with E-state index >= 15 is 0 Å². The Morgan fingerprint density at radius 2 is 2.12 bits per heavy atom. The highest BCUT2D eigenvalue weighted by atomic mass is 32.2. The maximum absolute atomic E-state index is 11.2. The van der Waals surface area contributed by atoms with Crippen LogP contribution in [0.5, 0.6) is 0 Å². The minimum atomic E-state index is -3.26. The highest BCUT2D eigenvalue weighted by Crippen LogP contribution is 2.07. The smallest absolute Gasteiger partial charge is 0.310 e. The quantitative estimate of drug-likeness (QED) is 0.432. The summed E-state index contributed by atoms with van der Waals surface area (Å²) in [5.41, 5.74) is 0. The maximum Gasteiger partial charge on any atom is 0.310 e. The number of nitriles is 1. The maximum atomic E-state index is 11.2. The van der Waals surface area contributed by atoms with Gasteiger partial charge in [-0.2, -0.15) is 5.26 Å². The predicted octanol–water partition coefficient (Wildman–Crippen LogP) is -1.95. The molecule has 0 bridgehead atoms. The van der Waals surface area contributed by atoms with E-state index in [-0.39, 0.29) is 12.3 Å². The Kier molecular flexibility index (Phi) is 3.63. The Morgan fingerprint density at radius 1 is 1.44 bits per heavy atom. The van der Waals surface area contributed by atoms with Crippen LogP contribution in [0.15, 0.2) is 11.5 Å². The van der Waals surface area contributed by atoms with Crippen LogP contribution in [-0.4, -0.2) is 38.6 Å². The van der Waals surface area contributed by atoms with Crippen molar-refractivity contribution in [3.63, 3.8) is 0 Å². The number of hydrogen-bond donors (Lipinski definition) is 2. The van der Waals surface area contributed by atoms with Crippen LogP contribution in [-0.2, 0) is 19.4 Å². The molecule has 1 rings (SSSR count). The highest BCUT2D eigenvalue weighted by molar-refractivity contribution is 7.94. The molecule has 0 aromatic carbocycles. The van der Waals surface area contributed by atoms with E-state index in [2.05, 4.69) is 5.32 Å². The Balaban J connectivity index is 2.45. The van der Waals surface area contributed by atoms with E-state index < -0.39 is 27.7 Å². The van der Waals surface area contributed by atoms with Gasteiger partial charge in [-0.25, -0.2) is 8.42 Å². The second kappa shape index (κ2) is 4.76. The van der Waals surface area contributed by atoms with Crippen LogP contribution in [0.25, 0.3) is 0 Å². The first-order chi connectivity index (χ1) is 7.44. The van der Waals surface area contributed by atoms with Gasteiger partial charge in [0.05, 0.1) is 17.9 Å². The normalized spacial score (nSPS) is 21.1. The summed E-state index contributed by atoms with van der Waals surface area (Å²) in [6.07, 6.45) is 1.30. The van der Waals surface area contributed by atoms with Gasteiger partial charge in [0.2, 0.25) is 0 Å². The Labute approximate surface area is 92.0 Å². The molecule has 8 heteroatoms. The third-order valence-corrected chi connectivity index (χ3v) is 3.18. The molecule has 0 saturated heterocycles. The molecule has 0 spiro atoms. The Bertz CT molecular complexity index is 474. The zero-order valence-electron chi connectivity index (χ0n) is 8.13. The molecule has 86 valence electrons. The minimum Gasteiger partial charge on any atom is -0.341 e. The first kappa shape index (κ1) is 12.2. The van der Waals surface area contributed by atoms with Crippen molar-refractivity contribution in [2.45, 2.75) is 6.04 Å². The zero-order valence-corrected chi connectivity index (χ0v) is 8.95. The van der Waals surface area contributed by atoms with E-state index in [0.717, 1.165) is 5.41 Å². The number of sulfone groups is 1. The lowest BCUT2D eigenvalue weighted by molar-refractivity contribution is -0.139. The van der Waals surface area contributed by atoms with Gasteiger partial charge in [-0.05, 0) is 6.08 Å². The lowest BCUT2D eigenvalue weighted by Gasteiger charge is -2.08. The molecule has 16 heavy (non-hydrogen) atoms. The number of amides is 2. The van der Waals surface area contributed by atoms with Crippen molar-refractivity contribution >= 4 is 21.7 Å². The Morgan fingerprint density at radius 3 is 2.62 bits per heavy atom. The van der Waals surface area contributed by atoms with Crippen molar-refractivity contribution in [1.82, 2.24) is 10.6 Å². The fourth-order valence-electron chi connectivity index (χ4n) is 1.10. The van der Waals surface area contributed by atoms with Gasteiger partial charge in [0, 0.05) is 5.41 Å². The summed E-state index contributed by atoms with van der Waals surface area (Å²) in [5.74, 6) is -2.16. The molecule has 0 radical (unpaired) electrons. The molecule has 0 fully saturated rings. The van der Waals surface area contributed by atoms with E-state index in [4.69, 9.17) is 5.26 Å². The van der Waals surface area contributed by atoms with Crippen molar-refractivity contribution in [2.75, 3.05) is 12.3 Å². The molecule has 1 aliphatic rings. The topological polar surface area (TPSA) is 116 Å². The van der Waals surface area contributed by atoms with E-state index in [9.17, 15) is 18.0 Å². The lowest BCUT2D eigenvalue weighted by Crippen LogP contribution is -2.45. The fourth-order valence-corrected chi connectivity index (χ4v) is 2.33. The molecule has 1 aliphatic heterocycles. The number of carbonyl (C=O) groups excluding carboxylic acids is 2. The summed E-state index contributed by atoms with van der Waals surface area (Å²) in [5, 5.41) is 13.4. The van der Waals surface area contributed by atoms with Crippen molar-refractivity contribution in [2.24, 2.45) is 0 Å². The van der Waals surface area contributed by atoms with Gasteiger partial charge in [-0.15, -0.1) is 0 Å². The number of hydrogen-bond acceptors (Lipinski definition) is 5. The average molecular weight is 243 g/mol. The number of carbonyl (C=O) groups is 2. The van der Waals surface area contributed by atoms with Gasteiger partial charge in [-0.3, -0.25) is 9.59 Å². The molecule has 0 aromatic heterocycles. The molecule has 0 saturated carbocycles. The summed E-state index contributed by atoms with van der Waals surface area (Å²) in [7, 11) is -3.26. The van der Waals surface area contributed by atoms with Gasteiger partial charge in [0.25, 0.3) is 0 Å². The van der Waals surface area contributed by atoms with Crippen molar-refractivity contribution < 1.29 is 18.0 Å². The summed E-state index contributed by atoms with van der Waals surface area (Å²) in [6, 6.07) is 0.949. The molecule has 1 unspecified atom stereocenters. The van der Waals surface area contributed by atoms with E-state index in [1.165, 1.54) is 6.08 Å². The Hall–Kier alpha value is -1.88. The van der Waals surface area contributed by atoms with Gasteiger partial charge >= 0.3 is 11.8 Å². The first-order valence-electron chi connectivity index (χ1n) is 4.31. The van der Waals surface area contributed by atoms with Crippen LogP contribution < -0.4 is 10.6 Å². The third-order valence-electron chi connectivity index (χ3n) is 1.78. The third kappa shape index (κ3) is 3.36. The molecule has 7 nitrogen and oxygen atoms in total. The van der Waals surface area contributed by atoms with Gasteiger partial charge in [0.1, 0.15) is 6.54 Å². The second-order valence-corrected chi connectivity index (χ2v) is 5.01. The molecular formula is C8H9N3O4S. The van der Waals surface area contributed by atoms with E-state index in [1.807, 2.05) is 5.32 Å².